The van der Waals surface area contributed by atoms with Crippen LogP contribution in [0.3, 0.4) is 0 Å². The fourth-order valence-electron chi connectivity index (χ4n) is 3.63. The van der Waals surface area contributed by atoms with Gasteiger partial charge in [0, 0.05) is 55.4 Å². The zero-order chi connectivity index (χ0) is 18.9. The summed E-state index contributed by atoms with van der Waals surface area (Å²) in [6.45, 7) is 3.50. The van der Waals surface area contributed by atoms with Gasteiger partial charge < -0.3 is 19.9 Å². The molecule has 0 unspecified atom stereocenters. The molecule has 2 N–H and O–H groups in total. The van der Waals surface area contributed by atoms with Crippen LogP contribution in [0.4, 0.5) is 17.5 Å². The largest absolute Gasteiger partial charge is 0.492 e. The van der Waals surface area contributed by atoms with Crippen LogP contribution in [0.5, 0.6) is 5.88 Å². The van der Waals surface area contributed by atoms with Crippen molar-refractivity contribution in [2.75, 3.05) is 36.0 Å². The van der Waals surface area contributed by atoms with Crippen LogP contribution in [0.25, 0.3) is 11.6 Å². The molecule has 1 aromatic carbocycles. The summed E-state index contributed by atoms with van der Waals surface area (Å²) < 4.78 is 0. The number of rotatable bonds is 3. The Bertz CT molecular complexity index is 1060. The van der Waals surface area contributed by atoms with Gasteiger partial charge in [-0.2, -0.15) is 4.98 Å². The number of H-pyrrole nitrogens is 1. The first kappa shape index (κ1) is 24.5. The molecule has 5 rings (SSSR count). The van der Waals surface area contributed by atoms with Crippen LogP contribution in [0.1, 0.15) is 11.3 Å². The van der Waals surface area contributed by atoms with Crippen LogP contribution in [-0.2, 0) is 0 Å². The number of allylic oxidation sites excluding steroid dienone is 1. The summed E-state index contributed by atoms with van der Waals surface area (Å²) in [5.74, 6) is 1.39. The molecular formula is C21H23Cl3N6O. The summed E-state index contributed by atoms with van der Waals surface area (Å²) >= 11 is 0. The Kier molecular flexibility index (Phi) is 8.33. The molecule has 2 aromatic heterocycles. The quantitative estimate of drug-likeness (QED) is 0.581. The maximum absolute atomic E-state index is 10.3. The third-order valence-corrected chi connectivity index (χ3v) is 5.12. The van der Waals surface area contributed by atoms with E-state index in [9.17, 15) is 5.11 Å². The number of imidazole rings is 1. The highest BCUT2D eigenvalue weighted by atomic mass is 35.5. The topological polar surface area (TPSA) is 80.6 Å². The van der Waals surface area contributed by atoms with Crippen molar-refractivity contribution in [3.63, 3.8) is 0 Å². The first-order valence-corrected chi connectivity index (χ1v) is 9.33. The summed E-state index contributed by atoms with van der Waals surface area (Å²) in [4.78, 5) is 20.7. The SMILES string of the molecule is Cl.Cl.Cl.Oc1nc(N2CCN(c3ccccc3)CC2)[nH]c1C=C1C=Nc2ncccc21. The fraction of sp³-hybridized carbons (Fsp3) is 0.190. The van der Waals surface area contributed by atoms with Crippen molar-refractivity contribution in [1.82, 2.24) is 15.0 Å². The summed E-state index contributed by atoms with van der Waals surface area (Å²) in [6, 6.07) is 14.3. The van der Waals surface area contributed by atoms with Gasteiger partial charge in [0.1, 0.15) is 5.69 Å². The van der Waals surface area contributed by atoms with Crippen molar-refractivity contribution in [2.24, 2.45) is 4.99 Å². The molecule has 1 fully saturated rings. The van der Waals surface area contributed by atoms with E-state index in [2.05, 4.69) is 54.0 Å². The van der Waals surface area contributed by atoms with Gasteiger partial charge in [0.15, 0.2) is 5.82 Å². The lowest BCUT2D eigenvalue weighted by molar-refractivity contribution is 0.455. The van der Waals surface area contributed by atoms with Gasteiger partial charge in [-0.3, -0.25) is 0 Å². The smallest absolute Gasteiger partial charge is 0.238 e. The predicted octanol–water partition coefficient (Wildman–Crippen LogP) is 4.36. The van der Waals surface area contributed by atoms with E-state index in [4.69, 9.17) is 0 Å². The number of para-hydroxylation sites is 1. The number of nitrogens with one attached hydrogen (secondary N) is 1. The third kappa shape index (κ3) is 4.95. The van der Waals surface area contributed by atoms with Gasteiger partial charge >= 0.3 is 0 Å². The second-order valence-electron chi connectivity index (χ2n) is 6.84. The third-order valence-electron chi connectivity index (χ3n) is 5.12. The van der Waals surface area contributed by atoms with Gasteiger partial charge in [0.05, 0.1) is 0 Å². The van der Waals surface area contributed by atoms with Crippen molar-refractivity contribution < 1.29 is 5.11 Å². The number of aromatic nitrogens is 3. The highest BCUT2D eigenvalue weighted by molar-refractivity contribution is 6.20. The van der Waals surface area contributed by atoms with Gasteiger partial charge in [-0.05, 0) is 30.3 Å². The summed E-state index contributed by atoms with van der Waals surface area (Å²) in [5, 5.41) is 10.3. The number of benzene rings is 1. The molecule has 1 saturated heterocycles. The molecule has 10 heteroatoms. The zero-order valence-corrected chi connectivity index (χ0v) is 19.0. The molecule has 164 valence electrons. The number of aromatic amines is 1. The average molecular weight is 482 g/mol. The van der Waals surface area contributed by atoms with Crippen LogP contribution < -0.4 is 9.80 Å². The van der Waals surface area contributed by atoms with Crippen molar-refractivity contribution in [1.29, 1.82) is 0 Å². The highest BCUT2D eigenvalue weighted by Gasteiger charge is 2.21. The van der Waals surface area contributed by atoms with Crippen molar-refractivity contribution in [3.05, 3.63) is 59.9 Å². The maximum Gasteiger partial charge on any atom is 0.238 e. The minimum Gasteiger partial charge on any atom is -0.492 e. The van der Waals surface area contributed by atoms with E-state index in [1.54, 1.807) is 12.4 Å². The van der Waals surface area contributed by atoms with E-state index in [0.717, 1.165) is 37.3 Å². The predicted molar refractivity (Wildman–Crippen MR) is 133 cm³/mol. The molecule has 7 nitrogen and oxygen atoms in total. The molecule has 0 atom stereocenters. The standard InChI is InChI=1S/C21H20N6O.3ClH/c28-20-18(13-15-14-23-19-17(15)7-4-8-22-19)24-21(25-20)27-11-9-26(10-12-27)16-5-2-1-3-6-16;;;/h1-8,13-14,28H,9-12H2,(H,24,25);3*1H. The highest BCUT2D eigenvalue weighted by Crippen LogP contribution is 2.32. The minimum absolute atomic E-state index is 0. The number of aliphatic imine (C=N–C) groups is 1. The van der Waals surface area contributed by atoms with E-state index < -0.39 is 0 Å². The first-order chi connectivity index (χ1) is 13.8. The molecule has 0 amide bonds. The van der Waals surface area contributed by atoms with Gasteiger partial charge in [-0.15, -0.1) is 37.2 Å². The molecule has 0 spiro atoms. The fourth-order valence-corrected chi connectivity index (χ4v) is 3.63. The molecule has 2 aliphatic heterocycles. The van der Waals surface area contributed by atoms with E-state index in [0.29, 0.717) is 17.5 Å². The van der Waals surface area contributed by atoms with Crippen molar-refractivity contribution in [2.45, 2.75) is 0 Å². The van der Waals surface area contributed by atoms with Crippen molar-refractivity contribution in [3.8, 4) is 5.88 Å². The van der Waals surface area contributed by atoms with Gasteiger partial charge in [-0.1, -0.05) is 18.2 Å². The van der Waals surface area contributed by atoms with Gasteiger partial charge in [0.2, 0.25) is 11.8 Å². The Morgan fingerprint density at radius 2 is 1.61 bits per heavy atom. The number of aromatic hydroxyl groups is 1. The van der Waals surface area contributed by atoms with Gasteiger partial charge in [0.25, 0.3) is 0 Å². The second-order valence-corrected chi connectivity index (χ2v) is 6.84. The van der Waals surface area contributed by atoms with E-state index in [-0.39, 0.29) is 43.1 Å². The normalized spacial score (nSPS) is 15.7. The number of nitrogens with zero attached hydrogens (tertiary/aromatic N) is 5. The molecule has 0 aliphatic carbocycles. The molecule has 4 heterocycles. The number of pyridine rings is 1. The monoisotopic (exact) mass is 480 g/mol. The molecule has 2 aliphatic rings. The van der Waals surface area contributed by atoms with Crippen molar-refractivity contribution >= 4 is 72.5 Å². The summed E-state index contributed by atoms with van der Waals surface area (Å²) in [6.07, 6.45) is 5.35. The first-order valence-electron chi connectivity index (χ1n) is 9.33. The lowest BCUT2D eigenvalue weighted by Gasteiger charge is -2.35. The van der Waals surface area contributed by atoms with Crippen LogP contribution in [-0.4, -0.2) is 52.5 Å². The summed E-state index contributed by atoms with van der Waals surface area (Å²) in [5.41, 5.74) is 3.68. The Hall–Kier alpha value is -2.74. The molecule has 31 heavy (non-hydrogen) atoms. The minimum atomic E-state index is -0.00118. The van der Waals surface area contributed by atoms with Gasteiger partial charge in [-0.25, -0.2) is 9.98 Å². The second kappa shape index (κ2) is 10.5. The Morgan fingerprint density at radius 3 is 2.35 bits per heavy atom. The van der Waals surface area contributed by atoms with E-state index >= 15 is 0 Å². The number of anilines is 2. The molecule has 3 aromatic rings. The number of fused-ring (bicyclic) bond motifs is 1. The maximum atomic E-state index is 10.3. The average Bonchev–Trinajstić information content (AvgIpc) is 3.33. The number of hydrogen-bond acceptors (Lipinski definition) is 6. The zero-order valence-electron chi connectivity index (χ0n) is 16.5. The van der Waals surface area contributed by atoms with E-state index in [1.807, 2.05) is 24.3 Å². The summed E-state index contributed by atoms with van der Waals surface area (Å²) in [7, 11) is 0. The Morgan fingerprint density at radius 1 is 0.903 bits per heavy atom. The van der Waals surface area contributed by atoms with E-state index in [1.165, 1.54) is 5.69 Å². The Balaban J connectivity index is 0.00000114. The number of hydrogen-bond donors (Lipinski definition) is 2. The Labute approximate surface area is 199 Å². The van der Waals surface area contributed by atoms with Crippen LogP contribution >= 0.6 is 37.2 Å². The van der Waals surface area contributed by atoms with Crippen LogP contribution in [0.15, 0.2) is 53.7 Å². The lowest BCUT2D eigenvalue weighted by Crippen LogP contribution is -2.46. The molecule has 0 radical (unpaired) electrons. The molecule has 0 bridgehead atoms. The lowest BCUT2D eigenvalue weighted by atomic mass is 10.1. The number of halogens is 3. The van der Waals surface area contributed by atoms with Crippen LogP contribution in [0.2, 0.25) is 0 Å². The van der Waals surface area contributed by atoms with Crippen LogP contribution in [0, 0.1) is 0 Å². The molecular weight excluding hydrogens is 459 g/mol. The molecule has 0 saturated carbocycles. The number of piperazine rings is 1.